The fourth-order valence-electron chi connectivity index (χ4n) is 2.11. The summed E-state index contributed by atoms with van der Waals surface area (Å²) in [5.41, 5.74) is 4.70. The van der Waals surface area contributed by atoms with Crippen LogP contribution in [0.1, 0.15) is 25.5 Å². The van der Waals surface area contributed by atoms with Crippen molar-refractivity contribution in [1.82, 2.24) is 5.32 Å². The predicted octanol–water partition coefficient (Wildman–Crippen LogP) is 2.33. The number of benzene rings is 2. The first-order chi connectivity index (χ1) is 11.3. The molecule has 126 valence electrons. The Hall–Kier alpha value is -2.89. The number of hydrogen-bond donors (Lipinski definition) is 2. The van der Waals surface area contributed by atoms with Crippen LogP contribution in [-0.2, 0) is 9.59 Å². The second kappa shape index (κ2) is 7.12. The average molecular weight is 330 g/mol. The molecule has 3 N–H and O–H groups in total. The Bertz CT molecular complexity index is 715. The van der Waals surface area contributed by atoms with Crippen LogP contribution in [0.15, 0.2) is 54.6 Å². The highest BCUT2D eigenvalue weighted by Crippen LogP contribution is 2.20. The van der Waals surface area contributed by atoms with Crippen molar-refractivity contribution in [2.45, 2.75) is 25.5 Å². The van der Waals surface area contributed by atoms with Crippen LogP contribution in [0.3, 0.4) is 0 Å². The van der Waals surface area contributed by atoms with Gasteiger partial charge in [0.25, 0.3) is 5.91 Å². The number of ether oxygens (including phenoxy) is 1. The molecule has 0 saturated heterocycles. The van der Waals surface area contributed by atoms with Crippen LogP contribution in [0.2, 0.25) is 0 Å². The van der Waals surface area contributed by atoms with Crippen molar-refractivity contribution in [3.63, 3.8) is 0 Å². The van der Waals surface area contributed by atoms with E-state index in [9.17, 15) is 14.0 Å². The van der Waals surface area contributed by atoms with Crippen LogP contribution >= 0.6 is 0 Å². The Balaban J connectivity index is 2.13. The van der Waals surface area contributed by atoms with Crippen LogP contribution in [0, 0.1) is 5.82 Å². The quantitative estimate of drug-likeness (QED) is 0.853. The Labute approximate surface area is 139 Å². The lowest BCUT2D eigenvalue weighted by molar-refractivity contribution is -0.137. The molecule has 5 nitrogen and oxygen atoms in total. The average Bonchev–Trinajstić information content (AvgIpc) is 2.54. The van der Waals surface area contributed by atoms with Gasteiger partial charge in [-0.3, -0.25) is 9.59 Å². The summed E-state index contributed by atoms with van der Waals surface area (Å²) in [6, 6.07) is 13.0. The number of halogens is 1. The normalized spacial score (nSPS) is 12.3. The molecule has 0 spiro atoms. The number of hydrogen-bond acceptors (Lipinski definition) is 3. The van der Waals surface area contributed by atoms with E-state index in [1.165, 1.54) is 24.3 Å². The molecule has 2 amide bonds. The number of rotatable bonds is 6. The molecule has 24 heavy (non-hydrogen) atoms. The van der Waals surface area contributed by atoms with Gasteiger partial charge >= 0.3 is 0 Å². The molecule has 0 heterocycles. The number of nitrogens with one attached hydrogen (secondary N) is 1. The Kier molecular flexibility index (Phi) is 5.18. The van der Waals surface area contributed by atoms with Crippen molar-refractivity contribution in [1.29, 1.82) is 0 Å². The molecule has 0 aliphatic rings. The van der Waals surface area contributed by atoms with Gasteiger partial charge in [0.1, 0.15) is 17.6 Å². The van der Waals surface area contributed by atoms with E-state index in [0.29, 0.717) is 11.3 Å². The molecule has 6 heteroatoms. The lowest BCUT2D eigenvalue weighted by Crippen LogP contribution is -2.50. The van der Waals surface area contributed by atoms with Gasteiger partial charge < -0.3 is 15.8 Å². The molecular weight excluding hydrogens is 311 g/mol. The molecule has 2 aromatic rings. The van der Waals surface area contributed by atoms with Crippen LogP contribution in [0.4, 0.5) is 4.39 Å². The van der Waals surface area contributed by atoms with Crippen LogP contribution < -0.4 is 15.8 Å². The predicted molar refractivity (Wildman–Crippen MR) is 87.6 cm³/mol. The number of amides is 2. The van der Waals surface area contributed by atoms with E-state index in [4.69, 9.17) is 10.5 Å². The van der Waals surface area contributed by atoms with Gasteiger partial charge in [0.15, 0.2) is 5.60 Å². The molecule has 0 aliphatic carbocycles. The van der Waals surface area contributed by atoms with Crippen LogP contribution in [-0.4, -0.2) is 17.4 Å². The van der Waals surface area contributed by atoms with E-state index >= 15 is 0 Å². The molecule has 0 fully saturated rings. The van der Waals surface area contributed by atoms with Crippen molar-refractivity contribution in [2.24, 2.45) is 5.73 Å². The molecule has 0 aromatic heterocycles. The first-order valence-electron chi connectivity index (χ1n) is 7.39. The Morgan fingerprint density at radius 2 is 1.67 bits per heavy atom. The number of nitrogens with two attached hydrogens (primary N) is 1. The zero-order valence-corrected chi connectivity index (χ0v) is 13.5. The summed E-state index contributed by atoms with van der Waals surface area (Å²) in [4.78, 5) is 24.2. The van der Waals surface area contributed by atoms with Crippen LogP contribution in [0.5, 0.6) is 5.75 Å². The molecule has 1 atom stereocenters. The van der Waals surface area contributed by atoms with Gasteiger partial charge in [-0.25, -0.2) is 4.39 Å². The summed E-state index contributed by atoms with van der Waals surface area (Å²) in [7, 11) is 0. The maximum Gasteiger partial charge on any atom is 0.264 e. The topological polar surface area (TPSA) is 81.4 Å². The zero-order valence-electron chi connectivity index (χ0n) is 13.5. The third-order valence-corrected chi connectivity index (χ3v) is 3.43. The summed E-state index contributed by atoms with van der Waals surface area (Å²) in [6.45, 7) is 3.10. The Morgan fingerprint density at radius 1 is 1.08 bits per heavy atom. The second-order valence-corrected chi connectivity index (χ2v) is 5.79. The number of carbonyl (C=O) groups is 2. The van der Waals surface area contributed by atoms with E-state index in [0.717, 1.165) is 0 Å². The second-order valence-electron chi connectivity index (χ2n) is 5.79. The number of carbonyl (C=O) groups excluding carboxylic acids is 2. The minimum atomic E-state index is -1.28. The lowest BCUT2D eigenvalue weighted by Gasteiger charge is -2.27. The summed E-state index contributed by atoms with van der Waals surface area (Å²) < 4.78 is 18.5. The molecule has 0 aliphatic heterocycles. The third-order valence-electron chi connectivity index (χ3n) is 3.43. The molecular formula is C18H19FN2O3. The zero-order chi connectivity index (χ0) is 17.7. The monoisotopic (exact) mass is 330 g/mol. The van der Waals surface area contributed by atoms with Gasteiger partial charge in [-0.05, 0) is 43.7 Å². The lowest BCUT2D eigenvalue weighted by atomic mass is 10.0. The summed E-state index contributed by atoms with van der Waals surface area (Å²) >= 11 is 0. The molecule has 0 saturated carbocycles. The van der Waals surface area contributed by atoms with Crippen LogP contribution in [0.25, 0.3) is 0 Å². The van der Waals surface area contributed by atoms with E-state index in [1.54, 1.807) is 44.2 Å². The highest BCUT2D eigenvalue weighted by atomic mass is 19.1. The molecule has 0 radical (unpaired) electrons. The van der Waals surface area contributed by atoms with Gasteiger partial charge in [0.2, 0.25) is 5.91 Å². The van der Waals surface area contributed by atoms with Crippen molar-refractivity contribution in [3.05, 3.63) is 66.0 Å². The maximum atomic E-state index is 12.9. The van der Waals surface area contributed by atoms with Gasteiger partial charge in [-0.1, -0.05) is 30.3 Å². The largest absolute Gasteiger partial charge is 0.478 e. The van der Waals surface area contributed by atoms with Crippen molar-refractivity contribution in [3.8, 4) is 5.75 Å². The Morgan fingerprint density at radius 3 is 2.21 bits per heavy atom. The SMILES string of the molecule is CC(C)(Oc1ccc(F)cc1)C(=O)N[C@H](C(N)=O)c1ccccc1. The molecule has 2 aromatic carbocycles. The van der Waals surface area contributed by atoms with Crippen molar-refractivity contribution < 1.29 is 18.7 Å². The van der Waals surface area contributed by atoms with E-state index in [1.807, 2.05) is 0 Å². The van der Waals surface area contributed by atoms with Gasteiger partial charge in [0.05, 0.1) is 0 Å². The smallest absolute Gasteiger partial charge is 0.264 e. The molecule has 2 rings (SSSR count). The molecule has 0 unspecified atom stereocenters. The van der Waals surface area contributed by atoms with E-state index < -0.39 is 29.3 Å². The fraction of sp³-hybridized carbons (Fsp3) is 0.222. The fourth-order valence-corrected chi connectivity index (χ4v) is 2.11. The minimum Gasteiger partial charge on any atom is -0.478 e. The highest BCUT2D eigenvalue weighted by molar-refractivity contribution is 5.91. The summed E-state index contributed by atoms with van der Waals surface area (Å²) in [6.07, 6.45) is 0. The van der Waals surface area contributed by atoms with Crippen molar-refractivity contribution >= 4 is 11.8 Å². The highest BCUT2D eigenvalue weighted by Gasteiger charge is 2.33. The maximum absolute atomic E-state index is 12.9. The van der Waals surface area contributed by atoms with Crippen molar-refractivity contribution in [2.75, 3.05) is 0 Å². The first-order valence-corrected chi connectivity index (χ1v) is 7.39. The third kappa shape index (κ3) is 4.32. The summed E-state index contributed by atoms with van der Waals surface area (Å²) in [5, 5.41) is 2.59. The van der Waals surface area contributed by atoms with Gasteiger partial charge in [0, 0.05) is 0 Å². The minimum absolute atomic E-state index is 0.340. The van der Waals surface area contributed by atoms with E-state index in [2.05, 4.69) is 5.32 Å². The van der Waals surface area contributed by atoms with Gasteiger partial charge in [-0.15, -0.1) is 0 Å². The standard InChI is InChI=1S/C18H19FN2O3/c1-18(2,24-14-10-8-13(19)9-11-14)17(23)21-15(16(20)22)12-6-4-3-5-7-12/h3-11,15H,1-2H3,(H2,20,22)(H,21,23)/t15-/m0/s1. The molecule has 0 bridgehead atoms. The first kappa shape index (κ1) is 17.5. The number of primary amides is 1. The van der Waals surface area contributed by atoms with E-state index in [-0.39, 0.29) is 0 Å². The summed E-state index contributed by atoms with van der Waals surface area (Å²) in [5.74, 6) is -1.25. The van der Waals surface area contributed by atoms with Gasteiger partial charge in [-0.2, -0.15) is 0 Å².